The Balaban J connectivity index is 0.00000320. The number of pyridine rings is 1. The molecular formula is C29H28F2NNaO4. The van der Waals surface area contributed by atoms with E-state index in [9.17, 15) is 14.3 Å². The smallest absolute Gasteiger partial charge is 0.550 e. The molecule has 1 aliphatic carbocycles. The number of fused-ring (bicyclic) bond motifs is 1. The van der Waals surface area contributed by atoms with Crippen LogP contribution in [0.2, 0.25) is 0 Å². The SMILES string of the molecule is COc1ccc(F)c(-c2cc(F)c(C3CCc4ccc([C@H](C5CC5)[C@H](C)C(=O)[O-])cc4O3)nc2C)c1.[Na+]. The fourth-order valence-electron chi connectivity index (χ4n) is 5.29. The van der Waals surface area contributed by atoms with Crippen LogP contribution in [0.1, 0.15) is 60.7 Å². The molecule has 2 heterocycles. The fraction of sp³-hybridized carbons (Fsp3) is 0.379. The van der Waals surface area contributed by atoms with Gasteiger partial charge in [0.05, 0.1) is 7.11 Å². The average molecular weight is 516 g/mol. The number of carboxylic acid groups (broad SMARTS) is 1. The Bertz CT molecular complexity index is 1330. The zero-order valence-electron chi connectivity index (χ0n) is 21.5. The molecule has 1 unspecified atom stereocenters. The first-order valence-electron chi connectivity index (χ1n) is 12.3. The maximum absolute atomic E-state index is 15.3. The number of halogens is 2. The van der Waals surface area contributed by atoms with Crippen LogP contribution in [0.3, 0.4) is 0 Å². The molecule has 1 fully saturated rings. The number of nitrogens with zero attached hydrogens (tertiary/aromatic N) is 1. The number of benzene rings is 2. The summed E-state index contributed by atoms with van der Waals surface area (Å²) in [4.78, 5) is 16.1. The van der Waals surface area contributed by atoms with Gasteiger partial charge in [-0.3, -0.25) is 4.98 Å². The van der Waals surface area contributed by atoms with Crippen LogP contribution < -0.4 is 44.1 Å². The molecule has 0 spiro atoms. The van der Waals surface area contributed by atoms with Gasteiger partial charge in [-0.1, -0.05) is 19.1 Å². The van der Waals surface area contributed by atoms with Gasteiger partial charge in [-0.05, 0) is 85.9 Å². The molecule has 1 aromatic heterocycles. The minimum absolute atomic E-state index is 0. The van der Waals surface area contributed by atoms with Crippen LogP contribution in [0.25, 0.3) is 11.1 Å². The number of aryl methyl sites for hydroxylation is 2. The van der Waals surface area contributed by atoms with Gasteiger partial charge in [0.25, 0.3) is 0 Å². The van der Waals surface area contributed by atoms with Crippen molar-refractivity contribution in [2.45, 2.75) is 51.6 Å². The van der Waals surface area contributed by atoms with Crippen molar-refractivity contribution in [1.82, 2.24) is 4.98 Å². The number of carbonyl (C=O) groups is 1. The van der Waals surface area contributed by atoms with Crippen LogP contribution in [0, 0.1) is 30.4 Å². The number of hydrogen-bond donors (Lipinski definition) is 0. The molecule has 1 aliphatic heterocycles. The summed E-state index contributed by atoms with van der Waals surface area (Å²) in [5.41, 5.74) is 3.14. The van der Waals surface area contributed by atoms with Crippen molar-refractivity contribution >= 4 is 5.97 Å². The maximum atomic E-state index is 15.3. The zero-order chi connectivity index (χ0) is 25.6. The quantitative estimate of drug-likeness (QED) is 0.452. The molecule has 5 rings (SSSR count). The number of rotatable bonds is 7. The summed E-state index contributed by atoms with van der Waals surface area (Å²) in [5.74, 6) is -1.44. The predicted octanol–water partition coefficient (Wildman–Crippen LogP) is 2.29. The second-order valence-corrected chi connectivity index (χ2v) is 9.82. The number of aromatic nitrogens is 1. The second-order valence-electron chi connectivity index (χ2n) is 9.82. The van der Waals surface area contributed by atoms with Crippen LogP contribution in [0.5, 0.6) is 11.5 Å². The number of ether oxygens (including phenoxy) is 2. The Labute approximate surface area is 237 Å². The molecule has 0 bridgehead atoms. The number of methoxy groups -OCH3 is 1. The van der Waals surface area contributed by atoms with Crippen molar-refractivity contribution in [2.75, 3.05) is 7.11 Å². The summed E-state index contributed by atoms with van der Waals surface area (Å²) in [6.45, 7) is 3.41. The Morgan fingerprint density at radius 3 is 2.51 bits per heavy atom. The van der Waals surface area contributed by atoms with E-state index in [1.807, 2.05) is 18.2 Å². The van der Waals surface area contributed by atoms with Gasteiger partial charge >= 0.3 is 29.6 Å². The van der Waals surface area contributed by atoms with Gasteiger partial charge in [-0.2, -0.15) is 0 Å². The normalized spacial score (nSPS) is 18.1. The first kappa shape index (κ1) is 27.6. The third kappa shape index (κ3) is 5.54. The molecule has 5 nitrogen and oxygen atoms in total. The van der Waals surface area contributed by atoms with Crippen molar-refractivity contribution in [1.29, 1.82) is 0 Å². The van der Waals surface area contributed by atoms with Crippen molar-refractivity contribution in [3.63, 3.8) is 0 Å². The largest absolute Gasteiger partial charge is 1.00 e. The molecule has 1 saturated carbocycles. The Kier molecular flexibility index (Phi) is 8.26. The Morgan fingerprint density at radius 2 is 1.84 bits per heavy atom. The third-order valence-corrected chi connectivity index (χ3v) is 7.42. The summed E-state index contributed by atoms with van der Waals surface area (Å²) in [6.07, 6.45) is 2.62. The van der Waals surface area contributed by atoms with E-state index in [0.717, 1.165) is 24.0 Å². The summed E-state index contributed by atoms with van der Waals surface area (Å²) in [6, 6.07) is 11.5. The standard InChI is InChI=1S/C29H29F2NO4.Na/c1-15(29(33)34)27(18-5-6-18)19-7-4-17-8-11-25(36-26(17)12-19)28-24(31)14-21(16(2)32-28)22-13-20(35-3)9-10-23(22)30;/h4,7,9-10,12-15,18,25,27H,5-6,8,11H2,1-3H3,(H,33,34);/q;+1/p-1/t15-,25?,27-;/m0./s1. The van der Waals surface area contributed by atoms with E-state index in [1.165, 1.54) is 31.4 Å². The molecule has 2 aromatic carbocycles. The van der Waals surface area contributed by atoms with Crippen molar-refractivity contribution < 1.29 is 57.7 Å². The molecule has 3 aromatic rings. The molecule has 188 valence electrons. The average Bonchev–Trinajstić information content (AvgIpc) is 3.70. The molecule has 2 aliphatic rings. The molecule has 37 heavy (non-hydrogen) atoms. The van der Waals surface area contributed by atoms with E-state index in [0.29, 0.717) is 41.5 Å². The van der Waals surface area contributed by atoms with E-state index in [-0.39, 0.29) is 46.7 Å². The zero-order valence-corrected chi connectivity index (χ0v) is 23.5. The van der Waals surface area contributed by atoms with E-state index in [1.54, 1.807) is 13.8 Å². The van der Waals surface area contributed by atoms with Crippen LogP contribution in [0.4, 0.5) is 8.78 Å². The Morgan fingerprint density at radius 1 is 1.08 bits per heavy atom. The van der Waals surface area contributed by atoms with Gasteiger partial charge in [0.15, 0.2) is 0 Å². The molecule has 0 saturated heterocycles. The van der Waals surface area contributed by atoms with Crippen LogP contribution in [-0.4, -0.2) is 18.1 Å². The van der Waals surface area contributed by atoms with Gasteiger partial charge < -0.3 is 19.4 Å². The third-order valence-electron chi connectivity index (χ3n) is 7.42. The number of aliphatic carboxylic acids is 1. The van der Waals surface area contributed by atoms with Gasteiger partial charge in [0.2, 0.25) is 0 Å². The van der Waals surface area contributed by atoms with Gasteiger partial charge in [-0.15, -0.1) is 0 Å². The number of carbonyl (C=O) groups excluding carboxylic acids is 1. The number of hydrogen-bond acceptors (Lipinski definition) is 5. The van der Waals surface area contributed by atoms with Gasteiger partial charge in [0.1, 0.15) is 34.9 Å². The second kappa shape index (κ2) is 11.1. The van der Waals surface area contributed by atoms with Gasteiger partial charge in [0, 0.05) is 28.7 Å². The predicted molar refractivity (Wildman–Crippen MR) is 129 cm³/mol. The molecular weight excluding hydrogens is 487 g/mol. The summed E-state index contributed by atoms with van der Waals surface area (Å²) in [5, 5.41) is 11.6. The minimum Gasteiger partial charge on any atom is -0.550 e. The van der Waals surface area contributed by atoms with Crippen LogP contribution in [-0.2, 0) is 11.2 Å². The minimum atomic E-state index is -1.06. The van der Waals surface area contributed by atoms with Crippen molar-refractivity contribution in [3.05, 3.63) is 76.6 Å². The van der Waals surface area contributed by atoms with Crippen LogP contribution >= 0.6 is 0 Å². The van der Waals surface area contributed by atoms with Crippen LogP contribution in [0.15, 0.2) is 42.5 Å². The molecule has 3 atom stereocenters. The van der Waals surface area contributed by atoms with E-state index >= 15 is 4.39 Å². The van der Waals surface area contributed by atoms with E-state index < -0.39 is 29.6 Å². The number of carboxylic acids is 1. The maximum Gasteiger partial charge on any atom is 1.00 e. The Hall–Kier alpha value is -2.48. The summed E-state index contributed by atoms with van der Waals surface area (Å²) >= 11 is 0. The molecule has 0 amide bonds. The summed E-state index contributed by atoms with van der Waals surface area (Å²) in [7, 11) is 1.49. The van der Waals surface area contributed by atoms with E-state index in [4.69, 9.17) is 9.47 Å². The van der Waals surface area contributed by atoms with Crippen molar-refractivity contribution in [2.24, 2.45) is 11.8 Å². The van der Waals surface area contributed by atoms with Crippen molar-refractivity contribution in [3.8, 4) is 22.6 Å². The fourth-order valence-corrected chi connectivity index (χ4v) is 5.29. The molecule has 0 radical (unpaired) electrons. The van der Waals surface area contributed by atoms with E-state index in [2.05, 4.69) is 4.98 Å². The first-order valence-corrected chi connectivity index (χ1v) is 12.3. The monoisotopic (exact) mass is 515 g/mol. The summed E-state index contributed by atoms with van der Waals surface area (Å²) < 4.78 is 41.3. The molecule has 8 heteroatoms. The molecule has 0 N–H and O–H groups in total. The first-order chi connectivity index (χ1) is 17.3. The topological polar surface area (TPSA) is 71.5 Å². The van der Waals surface area contributed by atoms with Gasteiger partial charge in [-0.25, -0.2) is 8.78 Å².